The first-order valence-corrected chi connectivity index (χ1v) is 13.2. The van der Waals surface area contributed by atoms with Crippen LogP contribution in [0.5, 0.6) is 11.5 Å². The third kappa shape index (κ3) is 8.10. The van der Waals surface area contributed by atoms with Crippen LogP contribution in [0.25, 0.3) is 0 Å². The van der Waals surface area contributed by atoms with Crippen molar-refractivity contribution in [2.24, 2.45) is 0 Å². The molecule has 2 N–H and O–H groups in total. The molecular weight excluding hydrogens is 476 g/mol. The molecule has 0 aliphatic heterocycles. The van der Waals surface area contributed by atoms with Crippen molar-refractivity contribution in [3.05, 3.63) is 83.9 Å². The molecule has 3 aromatic carbocycles. The van der Waals surface area contributed by atoms with Crippen LogP contribution in [0, 0.1) is 0 Å². The lowest BCUT2D eigenvalue weighted by Gasteiger charge is -2.23. The lowest BCUT2D eigenvalue weighted by atomic mass is 9.82. The summed E-state index contributed by atoms with van der Waals surface area (Å²) >= 11 is 0. The largest absolute Gasteiger partial charge is 0.484 e. The van der Waals surface area contributed by atoms with Crippen molar-refractivity contribution in [2.45, 2.75) is 65.2 Å². The van der Waals surface area contributed by atoms with Gasteiger partial charge in [-0.2, -0.15) is 0 Å². The van der Waals surface area contributed by atoms with E-state index in [1.165, 1.54) is 11.1 Å². The molecule has 0 spiro atoms. The summed E-state index contributed by atoms with van der Waals surface area (Å²) in [7, 11) is 0. The third-order valence-corrected chi connectivity index (χ3v) is 7.23. The molecule has 0 atom stereocenters. The highest BCUT2D eigenvalue weighted by Gasteiger charge is 2.18. The van der Waals surface area contributed by atoms with E-state index in [1.807, 2.05) is 48.5 Å². The van der Waals surface area contributed by atoms with E-state index in [9.17, 15) is 9.59 Å². The molecule has 0 saturated carbocycles. The zero-order valence-electron chi connectivity index (χ0n) is 23.4. The van der Waals surface area contributed by atoms with E-state index in [1.54, 1.807) is 24.3 Å². The van der Waals surface area contributed by atoms with Gasteiger partial charge in [-0.15, -0.1) is 0 Å². The molecule has 0 bridgehead atoms. The maximum atomic E-state index is 12.3. The van der Waals surface area contributed by atoms with E-state index in [4.69, 9.17) is 9.47 Å². The Hall–Kier alpha value is -3.80. The van der Waals surface area contributed by atoms with Gasteiger partial charge < -0.3 is 20.1 Å². The van der Waals surface area contributed by atoms with Gasteiger partial charge >= 0.3 is 0 Å². The minimum absolute atomic E-state index is 0.0940. The second-order valence-corrected chi connectivity index (χ2v) is 10.8. The second kappa shape index (κ2) is 12.6. The number of rotatable bonds is 12. The quantitative estimate of drug-likeness (QED) is 0.269. The Bertz CT molecular complexity index is 1100. The highest BCUT2D eigenvalue weighted by molar-refractivity contribution is 5.94. The lowest BCUT2D eigenvalue weighted by Crippen LogP contribution is -2.21. The molecule has 0 aliphatic carbocycles. The molecule has 0 saturated heterocycles. The maximum Gasteiger partial charge on any atom is 0.262 e. The fourth-order valence-corrected chi connectivity index (χ4v) is 3.74. The first kappa shape index (κ1) is 28.8. The number of benzene rings is 3. The number of nitrogens with one attached hydrogen (secondary N) is 2. The van der Waals surface area contributed by atoms with Gasteiger partial charge in [0.1, 0.15) is 11.5 Å². The van der Waals surface area contributed by atoms with Crippen LogP contribution in [0.2, 0.25) is 0 Å². The van der Waals surface area contributed by atoms with Gasteiger partial charge in [0.25, 0.3) is 11.8 Å². The minimum Gasteiger partial charge on any atom is -0.484 e. The minimum atomic E-state index is -0.263. The SMILES string of the molecule is CCC(C)(C)c1ccc(OCC(=O)Nc2ccc(NC(=O)COc3ccc(C(C)(C)CC)cc3)cc2)cc1. The van der Waals surface area contributed by atoms with E-state index in [2.05, 4.69) is 52.2 Å². The summed E-state index contributed by atoms with van der Waals surface area (Å²) in [6, 6.07) is 22.6. The Morgan fingerprint density at radius 2 is 0.895 bits per heavy atom. The van der Waals surface area contributed by atoms with Crippen molar-refractivity contribution in [1.29, 1.82) is 0 Å². The summed E-state index contributed by atoms with van der Waals surface area (Å²) in [6.07, 6.45) is 2.08. The fourth-order valence-electron chi connectivity index (χ4n) is 3.74. The van der Waals surface area contributed by atoms with E-state index < -0.39 is 0 Å². The van der Waals surface area contributed by atoms with Crippen LogP contribution in [-0.4, -0.2) is 25.0 Å². The van der Waals surface area contributed by atoms with Crippen LogP contribution < -0.4 is 20.1 Å². The highest BCUT2D eigenvalue weighted by Crippen LogP contribution is 2.29. The van der Waals surface area contributed by atoms with Gasteiger partial charge in [0, 0.05) is 11.4 Å². The van der Waals surface area contributed by atoms with Gasteiger partial charge in [0.15, 0.2) is 13.2 Å². The predicted octanol–water partition coefficient (Wildman–Crippen LogP) is 7.10. The molecule has 0 fully saturated rings. The average molecular weight is 517 g/mol. The zero-order chi connectivity index (χ0) is 27.8. The van der Waals surface area contributed by atoms with Gasteiger partial charge in [0.05, 0.1) is 0 Å². The molecule has 38 heavy (non-hydrogen) atoms. The summed E-state index contributed by atoms with van der Waals surface area (Å²) < 4.78 is 11.3. The summed E-state index contributed by atoms with van der Waals surface area (Å²) in [5.74, 6) is 0.775. The molecule has 0 unspecified atom stereocenters. The molecule has 6 nitrogen and oxygen atoms in total. The van der Waals surface area contributed by atoms with Gasteiger partial charge in [-0.25, -0.2) is 0 Å². The van der Waals surface area contributed by atoms with Crippen molar-refractivity contribution in [2.75, 3.05) is 23.8 Å². The summed E-state index contributed by atoms with van der Waals surface area (Å²) in [5, 5.41) is 5.60. The average Bonchev–Trinajstić information content (AvgIpc) is 2.92. The number of anilines is 2. The number of hydrogen-bond donors (Lipinski definition) is 2. The lowest BCUT2D eigenvalue weighted by molar-refractivity contribution is -0.118. The van der Waals surface area contributed by atoms with E-state index in [0.29, 0.717) is 22.9 Å². The Labute approximate surface area is 226 Å². The molecule has 6 heteroatoms. The van der Waals surface area contributed by atoms with Crippen LogP contribution in [0.4, 0.5) is 11.4 Å². The predicted molar refractivity (Wildman–Crippen MR) is 154 cm³/mol. The van der Waals surface area contributed by atoms with Crippen LogP contribution in [0.3, 0.4) is 0 Å². The molecule has 0 radical (unpaired) electrons. The van der Waals surface area contributed by atoms with E-state index in [0.717, 1.165) is 12.8 Å². The molecular formula is C32H40N2O4. The van der Waals surface area contributed by atoms with Gasteiger partial charge in [0.2, 0.25) is 0 Å². The van der Waals surface area contributed by atoms with E-state index >= 15 is 0 Å². The van der Waals surface area contributed by atoms with Crippen LogP contribution >= 0.6 is 0 Å². The van der Waals surface area contributed by atoms with E-state index in [-0.39, 0.29) is 35.9 Å². The number of carbonyl (C=O) groups excluding carboxylic acids is 2. The molecule has 202 valence electrons. The normalized spacial score (nSPS) is 11.5. The summed E-state index contributed by atoms with van der Waals surface area (Å²) in [6.45, 7) is 13.0. The number of carbonyl (C=O) groups is 2. The first-order chi connectivity index (χ1) is 18.0. The second-order valence-electron chi connectivity index (χ2n) is 10.8. The Morgan fingerprint density at radius 1 is 0.579 bits per heavy atom. The van der Waals surface area contributed by atoms with Gasteiger partial charge in [-0.05, 0) is 83.3 Å². The Balaban J connectivity index is 1.42. The summed E-state index contributed by atoms with van der Waals surface area (Å²) in [4.78, 5) is 24.6. The van der Waals surface area contributed by atoms with Crippen LogP contribution in [0.15, 0.2) is 72.8 Å². The van der Waals surface area contributed by atoms with Gasteiger partial charge in [-0.3, -0.25) is 9.59 Å². The topological polar surface area (TPSA) is 76.7 Å². The Kier molecular flexibility index (Phi) is 9.56. The number of ether oxygens (including phenoxy) is 2. The van der Waals surface area contributed by atoms with Crippen molar-refractivity contribution in [3.63, 3.8) is 0 Å². The van der Waals surface area contributed by atoms with Crippen molar-refractivity contribution >= 4 is 23.2 Å². The standard InChI is InChI=1S/C32H40N2O4/c1-7-31(3,4)23-9-17-27(18-10-23)37-21-29(35)33-25-13-15-26(16-14-25)34-30(36)22-38-28-19-11-24(12-20-28)32(5,6)8-2/h9-20H,7-8,21-22H2,1-6H3,(H,33,35)(H,34,36). The van der Waals surface area contributed by atoms with Crippen molar-refractivity contribution in [3.8, 4) is 11.5 Å². The maximum absolute atomic E-state index is 12.3. The molecule has 3 rings (SSSR count). The molecule has 0 aliphatic rings. The van der Waals surface area contributed by atoms with Crippen LogP contribution in [0.1, 0.15) is 65.5 Å². The van der Waals surface area contributed by atoms with Gasteiger partial charge in [-0.1, -0.05) is 65.8 Å². The Morgan fingerprint density at radius 3 is 1.18 bits per heavy atom. The van der Waals surface area contributed by atoms with Crippen molar-refractivity contribution in [1.82, 2.24) is 0 Å². The molecule has 2 amide bonds. The molecule has 3 aromatic rings. The monoisotopic (exact) mass is 516 g/mol. The highest BCUT2D eigenvalue weighted by atomic mass is 16.5. The summed E-state index contributed by atoms with van der Waals surface area (Å²) in [5.41, 5.74) is 3.91. The molecule has 0 aromatic heterocycles. The zero-order valence-corrected chi connectivity index (χ0v) is 23.4. The molecule has 0 heterocycles. The smallest absolute Gasteiger partial charge is 0.262 e. The number of hydrogen-bond acceptors (Lipinski definition) is 4. The number of amides is 2. The van der Waals surface area contributed by atoms with Crippen molar-refractivity contribution < 1.29 is 19.1 Å². The van der Waals surface area contributed by atoms with Crippen LogP contribution in [-0.2, 0) is 20.4 Å². The first-order valence-electron chi connectivity index (χ1n) is 13.2. The fraction of sp³-hybridized carbons (Fsp3) is 0.375. The third-order valence-electron chi connectivity index (χ3n) is 7.23.